The van der Waals surface area contributed by atoms with Gasteiger partial charge in [-0.3, -0.25) is 0 Å². The third-order valence-corrected chi connectivity index (χ3v) is 3.54. The molecule has 0 fully saturated rings. The first-order valence-corrected chi connectivity index (χ1v) is 7.99. The van der Waals surface area contributed by atoms with Gasteiger partial charge in [-0.25, -0.2) is 9.18 Å². The number of carbonyl (C=O) groups excluding carboxylic acids is 1. The molecule has 0 atom stereocenters. The topological polar surface area (TPSA) is 26.3 Å². The van der Waals surface area contributed by atoms with Crippen molar-refractivity contribution in [2.75, 3.05) is 12.5 Å². The van der Waals surface area contributed by atoms with E-state index in [9.17, 15) is 22.4 Å². The van der Waals surface area contributed by atoms with E-state index in [1.165, 1.54) is 0 Å². The number of unbranched alkanes of at least 4 members (excludes halogenated alkanes) is 5. The highest BCUT2D eigenvalue weighted by Gasteiger charge is 2.34. The Morgan fingerprint density at radius 1 is 1.04 bits per heavy atom. The van der Waals surface area contributed by atoms with Crippen LogP contribution in [0.5, 0.6) is 0 Å². The van der Waals surface area contributed by atoms with E-state index < -0.39 is 23.5 Å². The fourth-order valence-corrected chi connectivity index (χ4v) is 2.21. The third-order valence-electron chi connectivity index (χ3n) is 3.27. The minimum Gasteiger partial charge on any atom is -0.462 e. The molecule has 0 unspecified atom stereocenters. The fraction of sp³-hybridized carbons (Fsp3) is 0.562. The molecule has 0 aliphatic carbocycles. The average Bonchev–Trinajstić information content (AvgIpc) is 2.48. The molecular formula is C16H19ClF4O2. The molecule has 1 aromatic rings. The molecule has 0 saturated carbocycles. The predicted molar refractivity (Wildman–Crippen MR) is 80.1 cm³/mol. The van der Waals surface area contributed by atoms with Crippen LogP contribution in [0.2, 0.25) is 0 Å². The van der Waals surface area contributed by atoms with Crippen molar-refractivity contribution in [3.05, 3.63) is 35.1 Å². The minimum absolute atomic E-state index is 0.164. The van der Waals surface area contributed by atoms with E-state index in [2.05, 4.69) is 0 Å². The Balaban J connectivity index is 2.34. The summed E-state index contributed by atoms with van der Waals surface area (Å²) in [6.45, 7) is 0.164. The summed E-state index contributed by atoms with van der Waals surface area (Å²) < 4.78 is 55.5. The van der Waals surface area contributed by atoms with E-state index in [-0.39, 0.29) is 12.2 Å². The lowest BCUT2D eigenvalue weighted by molar-refractivity contribution is -0.140. The van der Waals surface area contributed by atoms with E-state index in [1.54, 1.807) is 0 Å². The van der Waals surface area contributed by atoms with Gasteiger partial charge in [-0.05, 0) is 31.0 Å². The molecule has 0 amide bonds. The molecule has 0 bridgehead atoms. The number of hydrogen-bond acceptors (Lipinski definition) is 2. The summed E-state index contributed by atoms with van der Waals surface area (Å²) in [6, 6.07) is 2.01. The van der Waals surface area contributed by atoms with Crippen LogP contribution in [-0.4, -0.2) is 18.5 Å². The molecular weight excluding hydrogens is 336 g/mol. The first-order valence-electron chi connectivity index (χ1n) is 7.46. The second-order valence-electron chi connectivity index (χ2n) is 5.14. The summed E-state index contributed by atoms with van der Waals surface area (Å²) in [5, 5.41) is 0. The zero-order valence-electron chi connectivity index (χ0n) is 12.6. The van der Waals surface area contributed by atoms with Gasteiger partial charge in [-0.2, -0.15) is 13.2 Å². The minimum atomic E-state index is -4.78. The Morgan fingerprint density at radius 3 is 2.22 bits per heavy atom. The molecule has 0 aliphatic heterocycles. The van der Waals surface area contributed by atoms with E-state index in [1.807, 2.05) is 0 Å². The van der Waals surface area contributed by atoms with Crippen molar-refractivity contribution in [2.45, 2.75) is 44.7 Å². The van der Waals surface area contributed by atoms with Crippen LogP contribution in [0.15, 0.2) is 18.2 Å². The van der Waals surface area contributed by atoms with E-state index in [4.69, 9.17) is 16.3 Å². The van der Waals surface area contributed by atoms with Crippen LogP contribution in [0.4, 0.5) is 17.6 Å². The van der Waals surface area contributed by atoms with Crippen molar-refractivity contribution in [1.29, 1.82) is 0 Å². The largest absolute Gasteiger partial charge is 0.462 e. The number of esters is 1. The predicted octanol–water partition coefficient (Wildman–Crippen LogP) is 5.58. The summed E-state index contributed by atoms with van der Waals surface area (Å²) in [5.74, 6) is -1.65. The molecule has 130 valence electrons. The van der Waals surface area contributed by atoms with Gasteiger partial charge in [0.2, 0.25) is 0 Å². The molecule has 1 rings (SSSR count). The molecule has 0 spiro atoms. The molecule has 2 nitrogen and oxygen atoms in total. The summed E-state index contributed by atoms with van der Waals surface area (Å²) >= 11 is 5.56. The normalized spacial score (nSPS) is 11.5. The summed E-state index contributed by atoms with van der Waals surface area (Å²) in [5.41, 5.74) is -1.62. The number of alkyl halides is 4. The smallest absolute Gasteiger partial charge is 0.419 e. The van der Waals surface area contributed by atoms with Crippen molar-refractivity contribution in [1.82, 2.24) is 0 Å². The third kappa shape index (κ3) is 7.20. The van der Waals surface area contributed by atoms with Crippen molar-refractivity contribution < 1.29 is 27.1 Å². The molecule has 0 saturated heterocycles. The second-order valence-corrected chi connectivity index (χ2v) is 5.52. The lowest BCUT2D eigenvalue weighted by atomic mass is 10.1. The lowest BCUT2D eigenvalue weighted by Gasteiger charge is -2.09. The van der Waals surface area contributed by atoms with Gasteiger partial charge in [0, 0.05) is 5.88 Å². The fourth-order valence-electron chi connectivity index (χ4n) is 2.02. The SMILES string of the molecule is O=C(OCCCCCCCCCl)c1ccc(C(F)(F)F)c(F)c1. The van der Waals surface area contributed by atoms with Crippen molar-refractivity contribution in [3.63, 3.8) is 0 Å². The Hall–Kier alpha value is -1.30. The lowest BCUT2D eigenvalue weighted by Crippen LogP contribution is -2.11. The highest BCUT2D eigenvalue weighted by atomic mass is 35.5. The van der Waals surface area contributed by atoms with Crippen LogP contribution >= 0.6 is 11.6 Å². The first kappa shape index (κ1) is 19.7. The number of carbonyl (C=O) groups is 1. The van der Waals surface area contributed by atoms with Crippen molar-refractivity contribution in [3.8, 4) is 0 Å². The van der Waals surface area contributed by atoms with E-state index in [0.717, 1.165) is 38.2 Å². The Bertz CT molecular complexity index is 503. The summed E-state index contributed by atoms with van der Waals surface area (Å²) in [4.78, 5) is 11.6. The number of hydrogen-bond donors (Lipinski definition) is 0. The molecule has 7 heteroatoms. The summed E-state index contributed by atoms with van der Waals surface area (Å²) in [6.07, 6.45) is 0.876. The Morgan fingerprint density at radius 2 is 1.65 bits per heavy atom. The van der Waals surface area contributed by atoms with Gasteiger partial charge in [-0.1, -0.05) is 25.7 Å². The van der Waals surface area contributed by atoms with Crippen LogP contribution in [-0.2, 0) is 10.9 Å². The second kappa shape index (κ2) is 9.75. The van der Waals surface area contributed by atoms with Crippen LogP contribution in [0, 0.1) is 5.82 Å². The molecule has 0 aliphatic rings. The van der Waals surface area contributed by atoms with Crippen LogP contribution < -0.4 is 0 Å². The van der Waals surface area contributed by atoms with Crippen LogP contribution in [0.3, 0.4) is 0 Å². The Labute approximate surface area is 137 Å². The maximum absolute atomic E-state index is 13.4. The van der Waals surface area contributed by atoms with Gasteiger partial charge in [0.15, 0.2) is 0 Å². The molecule has 0 aromatic heterocycles. The van der Waals surface area contributed by atoms with Crippen LogP contribution in [0.1, 0.15) is 54.4 Å². The van der Waals surface area contributed by atoms with Gasteiger partial charge < -0.3 is 4.74 Å². The van der Waals surface area contributed by atoms with E-state index >= 15 is 0 Å². The van der Waals surface area contributed by atoms with Gasteiger partial charge in [0.05, 0.1) is 17.7 Å². The van der Waals surface area contributed by atoms with Gasteiger partial charge in [0.25, 0.3) is 0 Å². The molecule has 0 radical (unpaired) electrons. The summed E-state index contributed by atoms with van der Waals surface area (Å²) in [7, 11) is 0. The number of halogens is 5. The molecule has 0 heterocycles. The highest BCUT2D eigenvalue weighted by Crippen LogP contribution is 2.31. The van der Waals surface area contributed by atoms with Crippen LogP contribution in [0.25, 0.3) is 0 Å². The van der Waals surface area contributed by atoms with E-state index in [0.29, 0.717) is 24.4 Å². The Kier molecular flexibility index (Phi) is 8.37. The molecule has 23 heavy (non-hydrogen) atoms. The zero-order chi connectivity index (χ0) is 17.3. The van der Waals surface area contributed by atoms with Gasteiger partial charge >= 0.3 is 12.1 Å². The number of benzene rings is 1. The number of ether oxygens (including phenoxy) is 1. The first-order chi connectivity index (χ1) is 10.9. The maximum Gasteiger partial charge on any atom is 0.419 e. The maximum atomic E-state index is 13.4. The molecule has 0 N–H and O–H groups in total. The highest BCUT2D eigenvalue weighted by molar-refractivity contribution is 6.17. The van der Waals surface area contributed by atoms with Crippen molar-refractivity contribution >= 4 is 17.6 Å². The van der Waals surface area contributed by atoms with Gasteiger partial charge in [-0.15, -0.1) is 11.6 Å². The zero-order valence-corrected chi connectivity index (χ0v) is 13.4. The number of rotatable bonds is 9. The van der Waals surface area contributed by atoms with Crippen molar-refractivity contribution in [2.24, 2.45) is 0 Å². The standard InChI is InChI=1S/C16H19ClF4O2/c17-9-5-3-1-2-4-6-10-23-15(22)12-7-8-13(14(18)11-12)16(19,20)21/h7-8,11H,1-6,9-10H2. The van der Waals surface area contributed by atoms with Gasteiger partial charge in [0.1, 0.15) is 5.82 Å². The monoisotopic (exact) mass is 354 g/mol. The quantitative estimate of drug-likeness (QED) is 0.250. The average molecular weight is 355 g/mol. The molecule has 1 aromatic carbocycles.